The summed E-state index contributed by atoms with van der Waals surface area (Å²) in [6.45, 7) is 5.80. The molecule has 0 N–H and O–H groups in total. The summed E-state index contributed by atoms with van der Waals surface area (Å²) in [4.78, 5) is 2.62. The first-order valence-electron chi connectivity index (χ1n) is 9.75. The van der Waals surface area contributed by atoms with Crippen LogP contribution in [0.3, 0.4) is 0 Å². The zero-order valence-corrected chi connectivity index (χ0v) is 15.2. The van der Waals surface area contributed by atoms with E-state index in [1.807, 2.05) is 0 Å². The van der Waals surface area contributed by atoms with Gasteiger partial charge in [0.2, 0.25) is 0 Å². The maximum Gasteiger partial charge on any atom is 0.0809 e. The Balaban J connectivity index is 1.37. The second-order valence-corrected chi connectivity index (χ2v) is 7.46. The van der Waals surface area contributed by atoms with Gasteiger partial charge in [0.25, 0.3) is 0 Å². The topological polar surface area (TPSA) is 21.7 Å². The van der Waals surface area contributed by atoms with Gasteiger partial charge in [-0.3, -0.25) is 4.90 Å². The standard InChI is InChI=1S/C22H29NO2/c1-17(19-9-8-18-5-2-3-6-20(18)15-19)23(21-10-11-21)12-14-24-16-22-7-4-13-25-22/h2-3,5-6,8-9,15,17,21-22H,4,7,10-14,16H2,1H3. The monoisotopic (exact) mass is 339 g/mol. The summed E-state index contributed by atoms with van der Waals surface area (Å²) in [7, 11) is 0. The molecule has 1 heterocycles. The van der Waals surface area contributed by atoms with Gasteiger partial charge in [-0.25, -0.2) is 0 Å². The first-order chi connectivity index (χ1) is 12.3. The van der Waals surface area contributed by atoms with Crippen LogP contribution in [0.25, 0.3) is 10.8 Å². The Labute approximate surface area is 150 Å². The van der Waals surface area contributed by atoms with Crippen LogP contribution in [0.5, 0.6) is 0 Å². The van der Waals surface area contributed by atoms with Crippen LogP contribution in [-0.2, 0) is 9.47 Å². The van der Waals surface area contributed by atoms with E-state index < -0.39 is 0 Å². The van der Waals surface area contributed by atoms with Crippen LogP contribution in [0, 0.1) is 0 Å². The van der Waals surface area contributed by atoms with E-state index in [9.17, 15) is 0 Å². The zero-order valence-electron chi connectivity index (χ0n) is 15.2. The van der Waals surface area contributed by atoms with E-state index in [1.165, 1.54) is 35.6 Å². The Hall–Kier alpha value is -1.42. The van der Waals surface area contributed by atoms with Gasteiger partial charge in [-0.2, -0.15) is 0 Å². The molecule has 2 aromatic rings. The Morgan fingerprint density at radius 1 is 1.12 bits per heavy atom. The van der Waals surface area contributed by atoms with Crippen LogP contribution in [0.15, 0.2) is 42.5 Å². The van der Waals surface area contributed by atoms with Crippen molar-refractivity contribution < 1.29 is 9.47 Å². The van der Waals surface area contributed by atoms with Gasteiger partial charge in [-0.1, -0.05) is 36.4 Å². The Kier molecular flexibility index (Phi) is 5.35. The maximum absolute atomic E-state index is 5.92. The van der Waals surface area contributed by atoms with Gasteiger partial charge in [0.05, 0.1) is 19.3 Å². The molecule has 3 nitrogen and oxygen atoms in total. The molecule has 0 spiro atoms. The summed E-state index contributed by atoms with van der Waals surface area (Å²) in [6.07, 6.45) is 5.31. The van der Waals surface area contributed by atoms with Crippen molar-refractivity contribution in [3.8, 4) is 0 Å². The molecule has 2 aromatic carbocycles. The van der Waals surface area contributed by atoms with E-state index in [1.54, 1.807) is 0 Å². The highest BCUT2D eigenvalue weighted by Crippen LogP contribution is 2.34. The van der Waals surface area contributed by atoms with Crippen molar-refractivity contribution in [3.05, 3.63) is 48.0 Å². The van der Waals surface area contributed by atoms with Crippen LogP contribution in [-0.4, -0.2) is 43.4 Å². The average molecular weight is 339 g/mol. The van der Waals surface area contributed by atoms with Gasteiger partial charge in [0, 0.05) is 25.2 Å². The molecule has 1 saturated carbocycles. The largest absolute Gasteiger partial charge is 0.377 e. The third kappa shape index (κ3) is 4.22. The number of fused-ring (bicyclic) bond motifs is 1. The molecular formula is C22H29NO2. The predicted molar refractivity (Wildman–Crippen MR) is 102 cm³/mol. The normalized spacial score (nSPS) is 21.9. The highest BCUT2D eigenvalue weighted by atomic mass is 16.5. The lowest BCUT2D eigenvalue weighted by molar-refractivity contribution is 0.00652. The number of hydrogen-bond acceptors (Lipinski definition) is 3. The fourth-order valence-electron chi connectivity index (χ4n) is 3.92. The van der Waals surface area contributed by atoms with Gasteiger partial charge in [-0.05, 0) is 55.0 Å². The van der Waals surface area contributed by atoms with E-state index in [0.717, 1.165) is 38.8 Å². The molecule has 0 aromatic heterocycles. The number of ether oxygens (including phenoxy) is 2. The van der Waals surface area contributed by atoms with Crippen molar-refractivity contribution in [1.29, 1.82) is 0 Å². The lowest BCUT2D eigenvalue weighted by Gasteiger charge is -2.29. The first kappa shape index (κ1) is 17.0. The maximum atomic E-state index is 5.92. The summed E-state index contributed by atoms with van der Waals surface area (Å²) in [6, 6.07) is 16.7. The van der Waals surface area contributed by atoms with Gasteiger partial charge >= 0.3 is 0 Å². The molecule has 134 valence electrons. The van der Waals surface area contributed by atoms with Gasteiger partial charge in [0.15, 0.2) is 0 Å². The summed E-state index contributed by atoms with van der Waals surface area (Å²) < 4.78 is 11.6. The molecule has 2 atom stereocenters. The molecule has 2 fully saturated rings. The average Bonchev–Trinajstić information content (AvgIpc) is 3.35. The number of nitrogens with zero attached hydrogens (tertiary/aromatic N) is 1. The lowest BCUT2D eigenvalue weighted by Crippen LogP contribution is -2.33. The van der Waals surface area contributed by atoms with Crippen LogP contribution < -0.4 is 0 Å². The second-order valence-electron chi connectivity index (χ2n) is 7.46. The highest BCUT2D eigenvalue weighted by molar-refractivity contribution is 5.83. The minimum absolute atomic E-state index is 0.326. The Morgan fingerprint density at radius 3 is 2.72 bits per heavy atom. The van der Waals surface area contributed by atoms with E-state index in [-0.39, 0.29) is 0 Å². The first-order valence-corrected chi connectivity index (χ1v) is 9.75. The predicted octanol–water partition coefficient (Wildman–Crippen LogP) is 4.56. The quantitative estimate of drug-likeness (QED) is 0.658. The van der Waals surface area contributed by atoms with Gasteiger partial charge < -0.3 is 9.47 Å². The van der Waals surface area contributed by atoms with Crippen molar-refractivity contribution >= 4 is 10.8 Å². The third-order valence-electron chi connectivity index (χ3n) is 5.59. The van der Waals surface area contributed by atoms with Crippen molar-refractivity contribution in [2.45, 2.75) is 50.8 Å². The summed E-state index contributed by atoms with van der Waals surface area (Å²) in [5, 5.41) is 2.65. The van der Waals surface area contributed by atoms with Crippen molar-refractivity contribution in [2.75, 3.05) is 26.4 Å². The summed E-state index contributed by atoms with van der Waals surface area (Å²) >= 11 is 0. The fraction of sp³-hybridized carbons (Fsp3) is 0.545. The van der Waals surface area contributed by atoms with Crippen LogP contribution in [0.4, 0.5) is 0 Å². The van der Waals surface area contributed by atoms with E-state index >= 15 is 0 Å². The Morgan fingerprint density at radius 2 is 1.96 bits per heavy atom. The molecule has 2 aliphatic rings. The van der Waals surface area contributed by atoms with Gasteiger partial charge in [0.1, 0.15) is 0 Å². The smallest absolute Gasteiger partial charge is 0.0809 e. The molecule has 1 aliphatic carbocycles. The zero-order chi connectivity index (χ0) is 17.1. The van der Waals surface area contributed by atoms with Gasteiger partial charge in [-0.15, -0.1) is 0 Å². The second kappa shape index (κ2) is 7.86. The molecule has 0 radical (unpaired) electrons. The minimum Gasteiger partial charge on any atom is -0.377 e. The highest BCUT2D eigenvalue weighted by Gasteiger charge is 2.32. The van der Waals surface area contributed by atoms with Crippen LogP contribution >= 0.6 is 0 Å². The van der Waals surface area contributed by atoms with Crippen molar-refractivity contribution in [2.24, 2.45) is 0 Å². The number of benzene rings is 2. The van der Waals surface area contributed by atoms with Crippen LogP contribution in [0.1, 0.15) is 44.2 Å². The molecule has 3 heteroatoms. The summed E-state index contributed by atoms with van der Waals surface area (Å²) in [5.74, 6) is 0. The SMILES string of the molecule is CC(c1ccc2ccccc2c1)N(CCOCC1CCCO1)C1CC1. The molecule has 1 aliphatic heterocycles. The molecule has 1 saturated heterocycles. The van der Waals surface area contributed by atoms with E-state index in [2.05, 4.69) is 54.3 Å². The molecular weight excluding hydrogens is 310 g/mol. The Bertz CT molecular complexity index is 691. The van der Waals surface area contributed by atoms with E-state index in [4.69, 9.17) is 9.47 Å². The molecule has 2 unspecified atom stereocenters. The molecule has 0 amide bonds. The number of hydrogen-bond donors (Lipinski definition) is 0. The van der Waals surface area contributed by atoms with Crippen molar-refractivity contribution in [3.63, 3.8) is 0 Å². The number of rotatable bonds is 8. The van der Waals surface area contributed by atoms with Crippen LogP contribution in [0.2, 0.25) is 0 Å². The lowest BCUT2D eigenvalue weighted by atomic mass is 10.0. The van der Waals surface area contributed by atoms with E-state index in [0.29, 0.717) is 12.1 Å². The fourth-order valence-corrected chi connectivity index (χ4v) is 3.92. The molecule has 4 rings (SSSR count). The third-order valence-corrected chi connectivity index (χ3v) is 5.59. The molecule has 0 bridgehead atoms. The molecule has 25 heavy (non-hydrogen) atoms. The summed E-state index contributed by atoms with van der Waals surface area (Å²) in [5.41, 5.74) is 1.41. The van der Waals surface area contributed by atoms with Crippen molar-refractivity contribution in [1.82, 2.24) is 4.90 Å². The minimum atomic E-state index is 0.326.